The van der Waals surface area contributed by atoms with Crippen molar-refractivity contribution in [3.05, 3.63) is 41.7 Å². The predicted octanol–water partition coefficient (Wildman–Crippen LogP) is 1.05. The van der Waals surface area contributed by atoms with Gasteiger partial charge in [-0.1, -0.05) is 17.3 Å². The molecule has 0 unspecified atom stereocenters. The monoisotopic (exact) mass is 232 g/mol. The Kier molecular flexibility index (Phi) is 3.72. The second kappa shape index (κ2) is 5.45. The summed E-state index contributed by atoms with van der Waals surface area (Å²) in [4.78, 5) is 0. The maximum absolute atomic E-state index is 5.18. The Morgan fingerprint density at radius 1 is 1.41 bits per heavy atom. The first kappa shape index (κ1) is 11.6. The Morgan fingerprint density at radius 3 is 3.06 bits per heavy atom. The van der Waals surface area contributed by atoms with Crippen LogP contribution in [-0.4, -0.2) is 29.2 Å². The molecule has 17 heavy (non-hydrogen) atoms. The van der Waals surface area contributed by atoms with E-state index in [0.29, 0.717) is 6.54 Å². The molecule has 0 spiro atoms. The number of hydrogen-bond acceptors (Lipinski definition) is 4. The Bertz CT molecular complexity index is 481. The third-order valence-corrected chi connectivity index (χ3v) is 2.42. The maximum Gasteiger partial charge on any atom is 0.119 e. The van der Waals surface area contributed by atoms with Crippen molar-refractivity contribution in [1.82, 2.24) is 20.3 Å². The predicted molar refractivity (Wildman–Crippen MR) is 64.9 cm³/mol. The quantitative estimate of drug-likeness (QED) is 0.837. The average Bonchev–Trinajstić information content (AvgIpc) is 2.77. The summed E-state index contributed by atoms with van der Waals surface area (Å²) >= 11 is 0. The standard InChI is InChI=1S/C12H16N4O/c1-13-7-11-9-16(15-14-11)8-10-4-3-5-12(6-10)17-2/h3-6,9,13H,7-8H2,1-2H3. The van der Waals surface area contributed by atoms with Crippen molar-refractivity contribution in [1.29, 1.82) is 0 Å². The van der Waals surface area contributed by atoms with Crippen molar-refractivity contribution in [3.8, 4) is 5.75 Å². The van der Waals surface area contributed by atoms with Gasteiger partial charge in [0.25, 0.3) is 0 Å². The summed E-state index contributed by atoms with van der Waals surface area (Å²) < 4.78 is 7.00. The highest BCUT2D eigenvalue weighted by atomic mass is 16.5. The van der Waals surface area contributed by atoms with Crippen LogP contribution in [0.3, 0.4) is 0 Å². The van der Waals surface area contributed by atoms with Gasteiger partial charge in [-0.15, -0.1) is 5.10 Å². The lowest BCUT2D eigenvalue weighted by atomic mass is 10.2. The van der Waals surface area contributed by atoms with E-state index in [1.807, 2.05) is 42.2 Å². The molecule has 2 aromatic rings. The van der Waals surface area contributed by atoms with E-state index in [1.54, 1.807) is 7.11 Å². The summed E-state index contributed by atoms with van der Waals surface area (Å²) in [7, 11) is 3.56. The zero-order valence-corrected chi connectivity index (χ0v) is 10.1. The van der Waals surface area contributed by atoms with Gasteiger partial charge in [0.15, 0.2) is 0 Å². The molecule has 0 aliphatic rings. The maximum atomic E-state index is 5.18. The summed E-state index contributed by atoms with van der Waals surface area (Å²) in [6.45, 7) is 1.44. The molecular formula is C12H16N4O. The molecule has 5 heteroatoms. The highest BCUT2D eigenvalue weighted by Crippen LogP contribution is 2.13. The molecule has 1 aromatic carbocycles. The minimum absolute atomic E-state index is 0.702. The number of ether oxygens (including phenoxy) is 1. The van der Waals surface area contributed by atoms with E-state index in [9.17, 15) is 0 Å². The van der Waals surface area contributed by atoms with Crippen LogP contribution in [-0.2, 0) is 13.1 Å². The Balaban J connectivity index is 2.08. The van der Waals surface area contributed by atoms with Gasteiger partial charge < -0.3 is 10.1 Å². The lowest BCUT2D eigenvalue weighted by Gasteiger charge is -2.03. The lowest BCUT2D eigenvalue weighted by Crippen LogP contribution is -2.05. The van der Waals surface area contributed by atoms with Gasteiger partial charge in [0.2, 0.25) is 0 Å². The number of aromatic nitrogens is 3. The number of benzene rings is 1. The minimum atomic E-state index is 0.702. The van der Waals surface area contributed by atoms with Gasteiger partial charge in [0.1, 0.15) is 5.75 Å². The highest BCUT2D eigenvalue weighted by Gasteiger charge is 2.01. The van der Waals surface area contributed by atoms with Crippen molar-refractivity contribution in [2.24, 2.45) is 0 Å². The van der Waals surface area contributed by atoms with Crippen LogP contribution in [0.15, 0.2) is 30.5 Å². The minimum Gasteiger partial charge on any atom is -0.497 e. The molecule has 0 fully saturated rings. The molecule has 0 radical (unpaired) electrons. The van der Waals surface area contributed by atoms with Crippen LogP contribution in [0.25, 0.3) is 0 Å². The molecule has 0 aliphatic heterocycles. The van der Waals surface area contributed by atoms with Gasteiger partial charge in [-0.05, 0) is 24.7 Å². The summed E-state index contributed by atoms with van der Waals surface area (Å²) in [6.07, 6.45) is 1.94. The van der Waals surface area contributed by atoms with Crippen LogP contribution < -0.4 is 10.1 Å². The molecule has 90 valence electrons. The molecule has 0 saturated carbocycles. The first-order valence-corrected chi connectivity index (χ1v) is 5.48. The summed E-state index contributed by atoms with van der Waals surface area (Å²) in [5.74, 6) is 0.859. The number of nitrogens with zero attached hydrogens (tertiary/aromatic N) is 3. The number of methoxy groups -OCH3 is 1. The van der Waals surface area contributed by atoms with Gasteiger partial charge in [-0.2, -0.15) is 0 Å². The zero-order valence-electron chi connectivity index (χ0n) is 10.1. The normalized spacial score (nSPS) is 10.5. The summed E-state index contributed by atoms with van der Waals surface area (Å²) in [6, 6.07) is 7.94. The molecule has 1 N–H and O–H groups in total. The van der Waals surface area contributed by atoms with Gasteiger partial charge in [0.05, 0.1) is 25.5 Å². The Hall–Kier alpha value is -1.88. The fraction of sp³-hybridized carbons (Fsp3) is 0.333. The van der Waals surface area contributed by atoms with Crippen LogP contribution in [0.1, 0.15) is 11.3 Å². The van der Waals surface area contributed by atoms with E-state index >= 15 is 0 Å². The molecule has 0 bridgehead atoms. The second-order valence-corrected chi connectivity index (χ2v) is 3.79. The smallest absolute Gasteiger partial charge is 0.119 e. The van der Waals surface area contributed by atoms with E-state index in [1.165, 1.54) is 0 Å². The van der Waals surface area contributed by atoms with Crippen LogP contribution in [0, 0.1) is 0 Å². The second-order valence-electron chi connectivity index (χ2n) is 3.79. The highest BCUT2D eigenvalue weighted by molar-refractivity contribution is 5.28. The van der Waals surface area contributed by atoms with Crippen LogP contribution >= 0.6 is 0 Å². The van der Waals surface area contributed by atoms with Crippen molar-refractivity contribution in [2.45, 2.75) is 13.1 Å². The molecular weight excluding hydrogens is 216 g/mol. The average molecular weight is 232 g/mol. The van der Waals surface area contributed by atoms with Crippen LogP contribution in [0.4, 0.5) is 0 Å². The van der Waals surface area contributed by atoms with Crippen molar-refractivity contribution < 1.29 is 4.74 Å². The van der Waals surface area contributed by atoms with E-state index in [4.69, 9.17) is 4.74 Å². The molecule has 2 rings (SSSR count). The van der Waals surface area contributed by atoms with E-state index in [2.05, 4.69) is 15.6 Å². The summed E-state index contributed by atoms with van der Waals surface area (Å²) in [5.41, 5.74) is 2.08. The fourth-order valence-electron chi connectivity index (χ4n) is 1.64. The van der Waals surface area contributed by atoms with Gasteiger partial charge in [-0.3, -0.25) is 0 Å². The lowest BCUT2D eigenvalue weighted by molar-refractivity contribution is 0.414. The van der Waals surface area contributed by atoms with Crippen molar-refractivity contribution in [3.63, 3.8) is 0 Å². The van der Waals surface area contributed by atoms with E-state index < -0.39 is 0 Å². The third-order valence-electron chi connectivity index (χ3n) is 2.42. The van der Waals surface area contributed by atoms with Crippen molar-refractivity contribution in [2.75, 3.05) is 14.2 Å². The van der Waals surface area contributed by atoms with Gasteiger partial charge in [-0.25, -0.2) is 4.68 Å². The number of rotatable bonds is 5. The fourth-order valence-corrected chi connectivity index (χ4v) is 1.64. The van der Waals surface area contributed by atoms with Crippen LogP contribution in [0.2, 0.25) is 0 Å². The molecule has 0 atom stereocenters. The van der Waals surface area contributed by atoms with Gasteiger partial charge >= 0.3 is 0 Å². The van der Waals surface area contributed by atoms with E-state index in [-0.39, 0.29) is 0 Å². The summed E-state index contributed by atoms with van der Waals surface area (Å²) in [5, 5.41) is 11.2. The Morgan fingerprint density at radius 2 is 2.29 bits per heavy atom. The van der Waals surface area contributed by atoms with Crippen molar-refractivity contribution >= 4 is 0 Å². The van der Waals surface area contributed by atoms with Gasteiger partial charge in [0, 0.05) is 6.54 Å². The molecule has 0 aliphatic carbocycles. The SMILES string of the molecule is CNCc1cn(Cc2cccc(OC)c2)nn1. The number of hydrogen-bond donors (Lipinski definition) is 1. The molecule has 1 heterocycles. The molecule has 1 aromatic heterocycles. The first-order valence-electron chi connectivity index (χ1n) is 5.48. The third kappa shape index (κ3) is 3.04. The van der Waals surface area contributed by atoms with Crippen LogP contribution in [0.5, 0.6) is 5.75 Å². The molecule has 0 saturated heterocycles. The topological polar surface area (TPSA) is 52.0 Å². The first-order chi connectivity index (χ1) is 8.31. The molecule has 5 nitrogen and oxygen atoms in total. The Labute approximate surface area is 100 Å². The number of nitrogens with one attached hydrogen (secondary N) is 1. The van der Waals surface area contributed by atoms with E-state index in [0.717, 1.165) is 23.6 Å². The zero-order chi connectivity index (χ0) is 12.1. The molecule has 0 amide bonds. The largest absolute Gasteiger partial charge is 0.497 e.